The van der Waals surface area contributed by atoms with Crippen molar-refractivity contribution in [3.8, 4) is 0 Å². The molecule has 2 saturated heterocycles. The van der Waals surface area contributed by atoms with E-state index in [0.717, 1.165) is 24.4 Å². The minimum absolute atomic E-state index is 0.328. The number of rotatable bonds is 2. The maximum Gasteiger partial charge on any atom is 0.227 e. The van der Waals surface area contributed by atoms with Crippen LogP contribution in [0.4, 0.5) is 5.69 Å². The molecule has 1 N–H and O–H groups in total. The van der Waals surface area contributed by atoms with Gasteiger partial charge in [-0.1, -0.05) is 12.1 Å². The molecule has 0 aromatic heterocycles. The first-order valence-electron chi connectivity index (χ1n) is 8.08. The van der Waals surface area contributed by atoms with Crippen LogP contribution in [0.15, 0.2) is 29.2 Å². The molecule has 2 bridgehead atoms. The maximum atomic E-state index is 12.8. The van der Waals surface area contributed by atoms with Gasteiger partial charge in [0.15, 0.2) is 0 Å². The average molecular weight is 302 g/mol. The van der Waals surface area contributed by atoms with Crippen molar-refractivity contribution in [2.45, 2.75) is 49.1 Å². The van der Waals surface area contributed by atoms with Gasteiger partial charge in [-0.15, -0.1) is 11.8 Å². The molecule has 0 radical (unpaired) electrons. The van der Waals surface area contributed by atoms with Crippen LogP contribution in [0.1, 0.15) is 32.1 Å². The van der Waals surface area contributed by atoms with Crippen LogP contribution in [0.5, 0.6) is 0 Å². The Kier molecular flexibility index (Phi) is 3.67. The summed E-state index contributed by atoms with van der Waals surface area (Å²) in [6.45, 7) is 0.859. The molecule has 2 fully saturated rings. The van der Waals surface area contributed by atoms with Crippen LogP contribution in [0, 0.1) is 5.92 Å². The van der Waals surface area contributed by atoms with Crippen molar-refractivity contribution in [2.24, 2.45) is 5.92 Å². The minimum Gasteiger partial charge on any atom is -0.311 e. The molecule has 2 unspecified atom stereocenters. The van der Waals surface area contributed by atoms with Gasteiger partial charge >= 0.3 is 0 Å². The van der Waals surface area contributed by atoms with E-state index in [1.54, 1.807) is 0 Å². The molecule has 1 aromatic rings. The zero-order valence-electron chi connectivity index (χ0n) is 12.3. The molecule has 2 atom stereocenters. The van der Waals surface area contributed by atoms with Gasteiger partial charge in [-0.25, -0.2) is 0 Å². The fourth-order valence-corrected chi connectivity index (χ4v) is 5.12. The number of anilines is 1. The Labute approximate surface area is 130 Å². The summed E-state index contributed by atoms with van der Waals surface area (Å²) in [5.41, 5.74) is 1.12. The van der Waals surface area contributed by atoms with E-state index < -0.39 is 0 Å². The smallest absolute Gasteiger partial charge is 0.227 e. The number of para-hydroxylation sites is 1. The number of hydrogen-bond donors (Lipinski definition) is 1. The number of nitrogens with one attached hydrogen (secondary N) is 1. The fourth-order valence-electron chi connectivity index (χ4n) is 4.13. The van der Waals surface area contributed by atoms with E-state index in [1.165, 1.54) is 30.6 Å². The second-order valence-corrected chi connectivity index (χ2v) is 7.68. The fraction of sp³-hybridized carbons (Fsp3) is 0.588. The number of piperidine rings is 1. The summed E-state index contributed by atoms with van der Waals surface area (Å²) in [6, 6.07) is 9.66. The molecular weight excluding hydrogens is 280 g/mol. The highest BCUT2D eigenvalue weighted by molar-refractivity contribution is 7.99. The molecule has 1 aromatic carbocycles. The van der Waals surface area contributed by atoms with E-state index in [-0.39, 0.29) is 0 Å². The van der Waals surface area contributed by atoms with Crippen LogP contribution < -0.4 is 10.2 Å². The lowest BCUT2D eigenvalue weighted by Gasteiger charge is -2.33. The van der Waals surface area contributed by atoms with Crippen LogP contribution in [-0.4, -0.2) is 30.3 Å². The lowest BCUT2D eigenvalue weighted by Crippen LogP contribution is -2.41. The summed E-state index contributed by atoms with van der Waals surface area (Å²) in [5.74, 6) is 1.92. The SMILES string of the molecule is O=C(CC1CC2CCC(C1)N2)N1CCSc2ccccc21. The Hall–Kier alpha value is -1.00. The Morgan fingerprint density at radius 2 is 2.00 bits per heavy atom. The minimum atomic E-state index is 0.328. The van der Waals surface area contributed by atoms with Crippen LogP contribution >= 0.6 is 11.8 Å². The standard InChI is InChI=1S/C17H22N2OS/c20-17(11-12-9-13-5-6-14(10-12)18-13)19-7-8-21-16-4-2-1-3-15(16)19/h1-4,12-14,18H,5-11H2. The first-order chi connectivity index (χ1) is 10.3. The van der Waals surface area contributed by atoms with Crippen molar-refractivity contribution in [2.75, 3.05) is 17.2 Å². The summed E-state index contributed by atoms with van der Waals surface area (Å²) in [6.07, 6.45) is 5.71. The third-order valence-electron chi connectivity index (χ3n) is 5.06. The molecule has 1 amide bonds. The zero-order valence-corrected chi connectivity index (χ0v) is 13.1. The highest BCUT2D eigenvalue weighted by Crippen LogP contribution is 2.37. The quantitative estimate of drug-likeness (QED) is 0.911. The number of fused-ring (bicyclic) bond motifs is 3. The lowest BCUT2D eigenvalue weighted by molar-refractivity contribution is -0.119. The second-order valence-electron chi connectivity index (χ2n) is 6.54. The second kappa shape index (κ2) is 5.65. The van der Waals surface area contributed by atoms with Gasteiger partial charge in [0.1, 0.15) is 0 Å². The molecule has 0 spiro atoms. The van der Waals surface area contributed by atoms with Gasteiger partial charge in [-0.2, -0.15) is 0 Å². The van der Waals surface area contributed by atoms with Gasteiger partial charge in [0.05, 0.1) is 5.69 Å². The maximum absolute atomic E-state index is 12.8. The van der Waals surface area contributed by atoms with Crippen molar-refractivity contribution < 1.29 is 4.79 Å². The van der Waals surface area contributed by atoms with Crippen LogP contribution in [0.3, 0.4) is 0 Å². The highest BCUT2D eigenvalue weighted by Gasteiger charge is 2.35. The number of nitrogens with zero attached hydrogens (tertiary/aromatic N) is 1. The van der Waals surface area contributed by atoms with E-state index >= 15 is 0 Å². The van der Waals surface area contributed by atoms with Crippen molar-refractivity contribution in [1.29, 1.82) is 0 Å². The summed E-state index contributed by atoms with van der Waals surface area (Å²) >= 11 is 1.86. The topological polar surface area (TPSA) is 32.3 Å². The molecule has 3 aliphatic rings. The molecule has 0 aliphatic carbocycles. The van der Waals surface area contributed by atoms with E-state index in [9.17, 15) is 4.79 Å². The number of amides is 1. The number of benzene rings is 1. The third kappa shape index (κ3) is 2.71. The van der Waals surface area contributed by atoms with Crippen molar-refractivity contribution in [1.82, 2.24) is 5.32 Å². The first-order valence-corrected chi connectivity index (χ1v) is 9.06. The van der Waals surface area contributed by atoms with E-state index in [2.05, 4.69) is 23.5 Å². The lowest BCUT2D eigenvalue weighted by atomic mass is 9.89. The summed E-state index contributed by atoms with van der Waals surface area (Å²) in [4.78, 5) is 16.0. The van der Waals surface area contributed by atoms with Gasteiger partial charge in [0.25, 0.3) is 0 Å². The largest absolute Gasteiger partial charge is 0.311 e. The number of hydrogen-bond acceptors (Lipinski definition) is 3. The van der Waals surface area contributed by atoms with Crippen LogP contribution in [0.2, 0.25) is 0 Å². The van der Waals surface area contributed by atoms with Gasteiger partial charge in [-0.05, 0) is 43.7 Å². The van der Waals surface area contributed by atoms with Crippen LogP contribution in [0.25, 0.3) is 0 Å². The molecule has 21 heavy (non-hydrogen) atoms. The number of carbonyl (C=O) groups excluding carboxylic acids is 1. The normalized spacial score (nSPS) is 31.0. The van der Waals surface area contributed by atoms with E-state index in [1.807, 2.05) is 22.7 Å². The Morgan fingerprint density at radius 3 is 2.81 bits per heavy atom. The Balaban J connectivity index is 1.46. The van der Waals surface area contributed by atoms with Gasteiger partial charge in [0.2, 0.25) is 5.91 Å². The predicted molar refractivity (Wildman–Crippen MR) is 86.8 cm³/mol. The molecule has 4 heteroatoms. The van der Waals surface area contributed by atoms with Crippen LogP contribution in [-0.2, 0) is 4.79 Å². The van der Waals surface area contributed by atoms with Crippen molar-refractivity contribution in [3.05, 3.63) is 24.3 Å². The molecule has 3 aliphatic heterocycles. The molecule has 0 saturated carbocycles. The monoisotopic (exact) mass is 302 g/mol. The number of thioether (sulfide) groups is 1. The summed E-state index contributed by atoms with van der Waals surface area (Å²) in [5, 5.41) is 3.66. The molecule has 3 nitrogen and oxygen atoms in total. The molecule has 4 rings (SSSR count). The van der Waals surface area contributed by atoms with E-state index in [0.29, 0.717) is 23.9 Å². The number of carbonyl (C=O) groups is 1. The zero-order chi connectivity index (χ0) is 14.2. The Morgan fingerprint density at radius 1 is 1.24 bits per heavy atom. The van der Waals surface area contributed by atoms with Crippen molar-refractivity contribution in [3.63, 3.8) is 0 Å². The van der Waals surface area contributed by atoms with E-state index in [4.69, 9.17) is 0 Å². The summed E-state index contributed by atoms with van der Waals surface area (Å²) < 4.78 is 0. The average Bonchev–Trinajstić information content (AvgIpc) is 2.85. The molecule has 3 heterocycles. The van der Waals surface area contributed by atoms with Gasteiger partial charge < -0.3 is 10.2 Å². The first kappa shape index (κ1) is 13.6. The molecule has 112 valence electrons. The highest BCUT2D eigenvalue weighted by atomic mass is 32.2. The van der Waals surface area contributed by atoms with Gasteiger partial charge in [-0.3, -0.25) is 4.79 Å². The van der Waals surface area contributed by atoms with Crippen molar-refractivity contribution >= 4 is 23.4 Å². The molecular formula is C17H22N2OS. The predicted octanol–water partition coefficient (Wildman–Crippen LogP) is 3.05. The third-order valence-corrected chi connectivity index (χ3v) is 6.11. The summed E-state index contributed by atoms with van der Waals surface area (Å²) in [7, 11) is 0. The van der Waals surface area contributed by atoms with Gasteiger partial charge in [0, 0.05) is 35.7 Å². The Bertz CT molecular complexity index is 535.